The molecule has 2 aliphatic rings. The number of phenolic OH excluding ortho intramolecular Hbond substituents is 1. The quantitative estimate of drug-likeness (QED) is 0.164. The number of fused-ring (bicyclic) bond motifs is 1. The SMILES string of the molecule is O=C1OCCC=CCCC=C/C(NOCC(=O)N2CCCCC2)=C/c2c(Cl)c(OCP(=O)(O)O)cc(O)c21. The molecule has 0 aromatic heterocycles. The standard InChI is InChI=1S/C25H32ClN2O9P/c26-24-19-14-18(27-37-16-22(30)28-11-7-5-8-12-28)10-6-3-1-2-4-9-13-35-25(31)23(19)20(29)15-21(24)36-17-38(32,33)34/h2,4,6,10,14-15,27,29H,1,3,5,7-9,11-13,16-17H2,(H2,32,33,34)/b4-2?,10-6?,18-14-. The summed E-state index contributed by atoms with van der Waals surface area (Å²) in [5, 5.41) is 10.5. The zero-order valence-electron chi connectivity index (χ0n) is 20.8. The average molecular weight is 571 g/mol. The Morgan fingerprint density at radius 1 is 1.13 bits per heavy atom. The first kappa shape index (κ1) is 29.7. The first-order chi connectivity index (χ1) is 18.2. The maximum atomic E-state index is 12.9. The fourth-order valence-corrected chi connectivity index (χ4v) is 4.43. The van der Waals surface area contributed by atoms with Gasteiger partial charge in [-0.25, -0.2) is 4.79 Å². The van der Waals surface area contributed by atoms with E-state index in [1.165, 1.54) is 6.08 Å². The Hall–Kier alpha value is -2.82. The van der Waals surface area contributed by atoms with Crippen LogP contribution in [0.4, 0.5) is 0 Å². The zero-order valence-corrected chi connectivity index (χ0v) is 22.5. The van der Waals surface area contributed by atoms with E-state index in [4.69, 9.17) is 25.9 Å². The Balaban J connectivity index is 1.94. The second kappa shape index (κ2) is 14.4. The summed E-state index contributed by atoms with van der Waals surface area (Å²) in [7, 11) is -4.56. The van der Waals surface area contributed by atoms with Gasteiger partial charge in [0.15, 0.2) is 13.0 Å². The van der Waals surface area contributed by atoms with Crippen LogP contribution in [0, 0.1) is 0 Å². The number of cyclic esters (lactones) is 1. The van der Waals surface area contributed by atoms with E-state index < -0.39 is 25.7 Å². The predicted molar refractivity (Wildman–Crippen MR) is 141 cm³/mol. The number of ether oxygens (including phenoxy) is 2. The van der Waals surface area contributed by atoms with E-state index in [0.29, 0.717) is 31.6 Å². The molecule has 0 spiro atoms. The van der Waals surface area contributed by atoms with Crippen LogP contribution in [0.1, 0.15) is 54.4 Å². The number of hydrogen-bond donors (Lipinski definition) is 4. The van der Waals surface area contributed by atoms with Crippen molar-refractivity contribution >= 4 is 37.1 Å². The highest BCUT2D eigenvalue weighted by Gasteiger charge is 2.25. The number of carbonyl (C=O) groups is 2. The van der Waals surface area contributed by atoms with Gasteiger partial charge in [-0.1, -0.05) is 29.8 Å². The molecule has 38 heavy (non-hydrogen) atoms. The van der Waals surface area contributed by atoms with Crippen molar-refractivity contribution in [2.75, 3.05) is 32.7 Å². The van der Waals surface area contributed by atoms with Crippen LogP contribution < -0.4 is 10.2 Å². The molecule has 11 nitrogen and oxygen atoms in total. The van der Waals surface area contributed by atoms with Gasteiger partial charge in [0.05, 0.1) is 17.3 Å². The molecule has 1 aromatic rings. The van der Waals surface area contributed by atoms with E-state index >= 15 is 0 Å². The Morgan fingerprint density at radius 2 is 1.84 bits per heavy atom. The molecule has 0 saturated carbocycles. The highest BCUT2D eigenvalue weighted by atomic mass is 35.5. The van der Waals surface area contributed by atoms with Crippen molar-refractivity contribution < 1.29 is 43.4 Å². The summed E-state index contributed by atoms with van der Waals surface area (Å²) >= 11 is 6.49. The molecule has 0 radical (unpaired) electrons. The minimum absolute atomic E-state index is 0.0249. The van der Waals surface area contributed by atoms with Crippen LogP contribution >= 0.6 is 19.2 Å². The molecule has 0 atom stereocenters. The van der Waals surface area contributed by atoms with Crippen molar-refractivity contribution in [2.45, 2.75) is 38.5 Å². The van der Waals surface area contributed by atoms with E-state index in [-0.39, 0.29) is 41.0 Å². The van der Waals surface area contributed by atoms with Crippen LogP contribution in [0.3, 0.4) is 0 Å². The lowest BCUT2D eigenvalue weighted by molar-refractivity contribution is -0.139. The molecule has 0 aliphatic carbocycles. The van der Waals surface area contributed by atoms with E-state index in [2.05, 4.69) is 5.48 Å². The first-order valence-corrected chi connectivity index (χ1v) is 14.4. The number of allylic oxidation sites excluding steroid dienone is 3. The highest BCUT2D eigenvalue weighted by Crippen LogP contribution is 2.41. The first-order valence-electron chi connectivity index (χ1n) is 12.2. The number of amides is 1. The van der Waals surface area contributed by atoms with E-state index in [1.807, 2.05) is 18.2 Å². The van der Waals surface area contributed by atoms with E-state index in [0.717, 1.165) is 31.7 Å². The highest BCUT2D eigenvalue weighted by molar-refractivity contribution is 7.51. The number of nitrogens with zero attached hydrogens (tertiary/aromatic N) is 1. The minimum atomic E-state index is -4.56. The molecule has 1 aromatic carbocycles. The zero-order chi connectivity index (χ0) is 27.5. The van der Waals surface area contributed by atoms with Crippen LogP contribution in [-0.4, -0.2) is 64.3 Å². The number of likely N-dealkylation sites (tertiary alicyclic amines) is 1. The number of phenols is 1. The summed E-state index contributed by atoms with van der Waals surface area (Å²) in [6.07, 6.45) is 12.6. The number of esters is 1. The summed E-state index contributed by atoms with van der Waals surface area (Å²) < 4.78 is 21.7. The van der Waals surface area contributed by atoms with Crippen molar-refractivity contribution in [2.24, 2.45) is 0 Å². The Bertz CT molecular complexity index is 1140. The summed E-state index contributed by atoms with van der Waals surface area (Å²) in [5.41, 5.74) is 2.70. The van der Waals surface area contributed by atoms with Gasteiger partial charge in [0.25, 0.3) is 5.91 Å². The second-order valence-electron chi connectivity index (χ2n) is 8.74. The van der Waals surface area contributed by atoms with Crippen molar-refractivity contribution in [3.8, 4) is 11.5 Å². The van der Waals surface area contributed by atoms with Crippen LogP contribution in [0.5, 0.6) is 11.5 Å². The van der Waals surface area contributed by atoms with Gasteiger partial charge < -0.3 is 29.3 Å². The van der Waals surface area contributed by atoms with Gasteiger partial charge in [-0.05, 0) is 50.7 Å². The number of halogens is 1. The fraction of sp³-hybridized carbons (Fsp3) is 0.440. The molecule has 2 heterocycles. The number of hydrogen-bond acceptors (Lipinski definition) is 8. The molecule has 3 rings (SSSR count). The van der Waals surface area contributed by atoms with Crippen molar-refractivity contribution in [1.29, 1.82) is 0 Å². The summed E-state index contributed by atoms with van der Waals surface area (Å²) in [6.45, 7) is 1.20. The summed E-state index contributed by atoms with van der Waals surface area (Å²) in [6, 6.07) is 0.992. The van der Waals surface area contributed by atoms with Crippen molar-refractivity contribution in [3.05, 3.63) is 52.2 Å². The number of hydroxylamine groups is 1. The molecule has 4 N–H and O–H groups in total. The molecule has 0 bridgehead atoms. The van der Waals surface area contributed by atoms with Crippen LogP contribution in [-0.2, 0) is 18.9 Å². The van der Waals surface area contributed by atoms with Gasteiger partial charge >= 0.3 is 13.6 Å². The van der Waals surface area contributed by atoms with Crippen LogP contribution in [0.15, 0.2) is 36.1 Å². The van der Waals surface area contributed by atoms with Gasteiger partial charge in [0.1, 0.15) is 17.1 Å². The molecular weight excluding hydrogens is 539 g/mol. The minimum Gasteiger partial charge on any atom is -0.507 e. The Kier molecular flexibility index (Phi) is 11.2. The number of aromatic hydroxyl groups is 1. The number of carbonyl (C=O) groups excluding carboxylic acids is 2. The smallest absolute Gasteiger partial charge is 0.362 e. The Morgan fingerprint density at radius 3 is 2.58 bits per heavy atom. The number of rotatable bonds is 7. The average Bonchev–Trinajstić information content (AvgIpc) is 2.88. The molecule has 208 valence electrons. The van der Waals surface area contributed by atoms with Gasteiger partial charge in [-0.3, -0.25) is 19.7 Å². The maximum Gasteiger partial charge on any atom is 0.362 e. The third-order valence-electron chi connectivity index (χ3n) is 5.71. The second-order valence-corrected chi connectivity index (χ2v) is 10.7. The third kappa shape index (κ3) is 9.18. The van der Waals surface area contributed by atoms with E-state index in [1.54, 1.807) is 11.0 Å². The topological polar surface area (TPSA) is 155 Å². The number of piperidine rings is 1. The molecule has 13 heteroatoms. The lowest BCUT2D eigenvalue weighted by atomic mass is 10.0. The summed E-state index contributed by atoms with van der Waals surface area (Å²) in [5.74, 6) is -1.82. The maximum absolute atomic E-state index is 12.9. The lowest BCUT2D eigenvalue weighted by Gasteiger charge is -2.26. The molecule has 2 aliphatic heterocycles. The van der Waals surface area contributed by atoms with Crippen LogP contribution in [0.2, 0.25) is 5.02 Å². The molecule has 0 unspecified atom stereocenters. The molecule has 1 amide bonds. The lowest BCUT2D eigenvalue weighted by Crippen LogP contribution is -2.39. The molecule has 1 saturated heterocycles. The molecular formula is C25H32ClN2O9P. The normalized spacial score (nSPS) is 18.6. The fourth-order valence-electron chi connectivity index (χ4n) is 3.86. The Labute approximate surface area is 225 Å². The monoisotopic (exact) mass is 570 g/mol. The van der Waals surface area contributed by atoms with Crippen molar-refractivity contribution in [3.63, 3.8) is 0 Å². The van der Waals surface area contributed by atoms with Gasteiger partial charge in [-0.15, -0.1) is 0 Å². The largest absolute Gasteiger partial charge is 0.507 e. The van der Waals surface area contributed by atoms with Crippen LogP contribution in [0.25, 0.3) is 6.08 Å². The van der Waals surface area contributed by atoms with E-state index in [9.17, 15) is 29.0 Å². The van der Waals surface area contributed by atoms with Crippen molar-refractivity contribution in [1.82, 2.24) is 10.4 Å². The third-order valence-corrected chi connectivity index (χ3v) is 6.57. The molecule has 1 fully saturated rings. The predicted octanol–water partition coefficient (Wildman–Crippen LogP) is 3.89. The van der Waals surface area contributed by atoms with Gasteiger partial charge in [0.2, 0.25) is 0 Å². The van der Waals surface area contributed by atoms with Gasteiger partial charge in [0, 0.05) is 24.7 Å². The van der Waals surface area contributed by atoms with Gasteiger partial charge in [-0.2, -0.15) is 0 Å². The number of nitrogens with one attached hydrogen (secondary N) is 1. The number of benzene rings is 1. The summed E-state index contributed by atoms with van der Waals surface area (Å²) in [4.78, 5) is 50.9.